The lowest BCUT2D eigenvalue weighted by atomic mass is 10.1. The SMILES string of the molecule is O=C1NC(=O)C2(O)NC(O)N=C2N1. The molecule has 0 bridgehead atoms. The number of imide groups is 1. The third kappa shape index (κ3) is 1.00. The Balaban J connectivity index is 2.39. The van der Waals surface area contributed by atoms with Gasteiger partial charge in [-0.1, -0.05) is 0 Å². The average Bonchev–Trinajstić information content (AvgIpc) is 2.26. The number of fused-ring (bicyclic) bond motifs is 1. The Morgan fingerprint density at radius 1 is 1.38 bits per heavy atom. The highest BCUT2D eigenvalue weighted by molar-refractivity contribution is 6.23. The Kier molecular flexibility index (Phi) is 1.40. The van der Waals surface area contributed by atoms with Crippen LogP contribution >= 0.6 is 0 Å². The van der Waals surface area contributed by atoms with E-state index in [0.29, 0.717) is 0 Å². The van der Waals surface area contributed by atoms with Gasteiger partial charge in [-0.15, -0.1) is 0 Å². The molecule has 0 spiro atoms. The lowest BCUT2D eigenvalue weighted by Gasteiger charge is -2.27. The van der Waals surface area contributed by atoms with Crippen molar-refractivity contribution in [2.75, 3.05) is 0 Å². The summed E-state index contributed by atoms with van der Waals surface area (Å²) in [6.07, 6.45) is -1.40. The minimum Gasteiger partial charge on any atom is -0.361 e. The van der Waals surface area contributed by atoms with Crippen molar-refractivity contribution in [2.24, 2.45) is 4.99 Å². The van der Waals surface area contributed by atoms with E-state index < -0.39 is 24.0 Å². The zero-order valence-electron chi connectivity index (χ0n) is 6.24. The number of aliphatic hydroxyl groups excluding tert-OH is 1. The molecule has 0 aromatic rings. The van der Waals surface area contributed by atoms with Crippen molar-refractivity contribution in [3.05, 3.63) is 0 Å². The number of hydrogen-bond acceptors (Lipinski definition) is 6. The number of carbonyl (C=O) groups is 2. The smallest absolute Gasteiger partial charge is 0.327 e. The molecule has 8 nitrogen and oxygen atoms in total. The third-order valence-corrected chi connectivity index (χ3v) is 1.72. The van der Waals surface area contributed by atoms with Gasteiger partial charge in [-0.3, -0.25) is 15.4 Å². The summed E-state index contributed by atoms with van der Waals surface area (Å²) in [4.78, 5) is 25.2. The molecule has 2 aliphatic heterocycles. The highest BCUT2D eigenvalue weighted by atomic mass is 16.4. The number of urea groups is 1. The number of amides is 3. The van der Waals surface area contributed by atoms with Gasteiger partial charge in [0.1, 0.15) is 0 Å². The van der Waals surface area contributed by atoms with Gasteiger partial charge in [0, 0.05) is 0 Å². The molecule has 2 heterocycles. The normalized spacial score (nSPS) is 37.7. The third-order valence-electron chi connectivity index (χ3n) is 1.72. The van der Waals surface area contributed by atoms with Gasteiger partial charge in [-0.25, -0.2) is 15.1 Å². The summed E-state index contributed by atoms with van der Waals surface area (Å²) in [5.74, 6) is -1.26. The predicted molar refractivity (Wildman–Crippen MR) is 38.2 cm³/mol. The molecule has 13 heavy (non-hydrogen) atoms. The maximum atomic E-state index is 11.1. The monoisotopic (exact) mass is 186 g/mol. The lowest BCUT2D eigenvalue weighted by Crippen LogP contribution is -2.70. The van der Waals surface area contributed by atoms with Crippen LogP contribution in [0.3, 0.4) is 0 Å². The minimum atomic E-state index is -2.13. The summed E-state index contributed by atoms with van der Waals surface area (Å²) in [5, 5.41) is 24.5. The van der Waals surface area contributed by atoms with E-state index in [1.807, 2.05) is 5.32 Å². The van der Waals surface area contributed by atoms with Crippen LogP contribution in [0.1, 0.15) is 0 Å². The van der Waals surface area contributed by atoms with E-state index in [2.05, 4.69) is 15.6 Å². The summed E-state index contributed by atoms with van der Waals surface area (Å²) in [5.41, 5.74) is -2.13. The number of hydrogen-bond donors (Lipinski definition) is 5. The Morgan fingerprint density at radius 3 is 2.77 bits per heavy atom. The van der Waals surface area contributed by atoms with Gasteiger partial charge in [-0.2, -0.15) is 0 Å². The largest absolute Gasteiger partial charge is 0.361 e. The second-order valence-corrected chi connectivity index (χ2v) is 2.61. The number of nitrogens with one attached hydrogen (secondary N) is 3. The van der Waals surface area contributed by atoms with Gasteiger partial charge in [0.2, 0.25) is 6.35 Å². The first-order valence-electron chi connectivity index (χ1n) is 3.41. The van der Waals surface area contributed by atoms with E-state index in [1.165, 1.54) is 0 Å². The summed E-state index contributed by atoms with van der Waals surface area (Å²) in [6.45, 7) is 0. The minimum absolute atomic E-state index is 0.297. The standard InChI is InChI=1S/C5H6N4O4/c10-2-5(13)1(6-3(11)8-2)7-4(12)9-5/h4,9,12-13H,(H2,6,7,8,10,11). The fraction of sp³-hybridized carbons (Fsp3) is 0.400. The molecule has 1 fully saturated rings. The van der Waals surface area contributed by atoms with Gasteiger partial charge >= 0.3 is 6.03 Å². The van der Waals surface area contributed by atoms with Crippen LogP contribution in [0, 0.1) is 0 Å². The van der Waals surface area contributed by atoms with E-state index in [9.17, 15) is 14.7 Å². The molecule has 2 unspecified atom stereocenters. The van der Waals surface area contributed by atoms with Crippen LogP contribution in [0.25, 0.3) is 0 Å². The van der Waals surface area contributed by atoms with Crippen molar-refractivity contribution in [3.63, 3.8) is 0 Å². The number of nitrogens with zero attached hydrogens (tertiary/aromatic N) is 1. The summed E-state index contributed by atoms with van der Waals surface area (Å²) < 4.78 is 0. The number of carbonyl (C=O) groups excluding carboxylic acids is 2. The van der Waals surface area contributed by atoms with Gasteiger partial charge in [0.15, 0.2) is 5.84 Å². The molecule has 70 valence electrons. The molecule has 2 rings (SSSR count). The van der Waals surface area contributed by atoms with Gasteiger partial charge < -0.3 is 10.2 Å². The average molecular weight is 186 g/mol. The molecule has 5 N–H and O–H groups in total. The molecule has 0 aromatic heterocycles. The molecular weight excluding hydrogens is 180 g/mol. The molecular formula is C5H6N4O4. The number of aliphatic hydroxyl groups is 2. The Hall–Kier alpha value is -1.51. The van der Waals surface area contributed by atoms with E-state index in [0.717, 1.165) is 0 Å². The number of amidine groups is 1. The zero-order chi connectivity index (χ0) is 9.64. The molecule has 2 atom stereocenters. The van der Waals surface area contributed by atoms with Crippen LogP contribution in [-0.4, -0.2) is 40.1 Å². The molecule has 0 aromatic carbocycles. The highest BCUT2D eigenvalue weighted by Gasteiger charge is 2.51. The quantitative estimate of drug-likeness (QED) is 0.272. The van der Waals surface area contributed by atoms with E-state index in [-0.39, 0.29) is 5.84 Å². The first-order chi connectivity index (χ1) is 6.02. The van der Waals surface area contributed by atoms with Crippen LogP contribution in [0.2, 0.25) is 0 Å². The number of rotatable bonds is 0. The topological polar surface area (TPSA) is 123 Å². The summed E-state index contributed by atoms with van der Waals surface area (Å²) in [6, 6.07) is -0.788. The van der Waals surface area contributed by atoms with Crippen LogP contribution in [0.4, 0.5) is 4.79 Å². The second kappa shape index (κ2) is 2.25. The molecule has 0 radical (unpaired) electrons. The van der Waals surface area contributed by atoms with Crippen molar-refractivity contribution < 1.29 is 19.8 Å². The maximum absolute atomic E-state index is 11.1. The summed E-state index contributed by atoms with van der Waals surface area (Å²) in [7, 11) is 0. The highest BCUT2D eigenvalue weighted by Crippen LogP contribution is 2.13. The predicted octanol–water partition coefficient (Wildman–Crippen LogP) is -3.21. The first-order valence-corrected chi connectivity index (χ1v) is 3.41. The van der Waals surface area contributed by atoms with Gasteiger partial charge in [0.05, 0.1) is 0 Å². The van der Waals surface area contributed by atoms with Crippen molar-refractivity contribution in [3.8, 4) is 0 Å². The van der Waals surface area contributed by atoms with Crippen LogP contribution < -0.4 is 16.0 Å². The van der Waals surface area contributed by atoms with Crippen LogP contribution in [-0.2, 0) is 4.79 Å². The molecule has 3 amide bonds. The van der Waals surface area contributed by atoms with Crippen LogP contribution in [0.15, 0.2) is 4.99 Å². The van der Waals surface area contributed by atoms with E-state index in [1.54, 1.807) is 0 Å². The molecule has 8 heteroatoms. The lowest BCUT2D eigenvalue weighted by molar-refractivity contribution is -0.137. The fourth-order valence-electron chi connectivity index (χ4n) is 1.13. The molecule has 0 aliphatic carbocycles. The fourth-order valence-corrected chi connectivity index (χ4v) is 1.13. The van der Waals surface area contributed by atoms with Crippen LogP contribution in [0.5, 0.6) is 0 Å². The first kappa shape index (κ1) is 8.10. The van der Waals surface area contributed by atoms with Crippen molar-refractivity contribution >= 4 is 17.8 Å². The molecule has 0 saturated carbocycles. The summed E-state index contributed by atoms with van der Waals surface area (Å²) >= 11 is 0. The molecule has 2 aliphatic rings. The van der Waals surface area contributed by atoms with E-state index >= 15 is 0 Å². The maximum Gasteiger partial charge on any atom is 0.327 e. The Bertz CT molecular complexity index is 326. The molecule has 1 saturated heterocycles. The van der Waals surface area contributed by atoms with Crippen molar-refractivity contribution in [1.82, 2.24) is 16.0 Å². The Labute approximate surface area is 71.6 Å². The van der Waals surface area contributed by atoms with Crippen molar-refractivity contribution in [2.45, 2.75) is 12.1 Å². The van der Waals surface area contributed by atoms with E-state index in [4.69, 9.17) is 5.11 Å². The zero-order valence-corrected chi connectivity index (χ0v) is 6.24. The van der Waals surface area contributed by atoms with Crippen molar-refractivity contribution in [1.29, 1.82) is 0 Å². The Morgan fingerprint density at radius 2 is 2.08 bits per heavy atom. The second-order valence-electron chi connectivity index (χ2n) is 2.61. The number of aliphatic imine (C=N–C) groups is 1. The van der Waals surface area contributed by atoms with Gasteiger partial charge in [-0.05, 0) is 0 Å². The van der Waals surface area contributed by atoms with Gasteiger partial charge in [0.25, 0.3) is 11.6 Å².